The fourth-order valence-corrected chi connectivity index (χ4v) is 2.21. The summed E-state index contributed by atoms with van der Waals surface area (Å²) in [7, 11) is 0. The topological polar surface area (TPSA) is 60.5 Å². The summed E-state index contributed by atoms with van der Waals surface area (Å²) in [5, 5.41) is 2.47. The normalized spacial score (nSPS) is 19.1. The molecule has 0 radical (unpaired) electrons. The van der Waals surface area contributed by atoms with E-state index < -0.39 is 23.2 Å². The maximum Gasteiger partial charge on any atom is 0.417 e. The Bertz CT molecular complexity index is 553. The quantitative estimate of drug-likeness (QED) is 0.888. The standard InChI is InChI=1S/C16H21F3N2O3/c1-15(2,24-10-12-5-3-4-8-23-12)14(22)21-13-7-6-11(9-20-13)16(17,18)19/h6-7,9,12H,3-5,8,10H2,1-2H3,(H,20,21,22). The number of nitrogens with one attached hydrogen (secondary N) is 1. The summed E-state index contributed by atoms with van der Waals surface area (Å²) in [5.41, 5.74) is -2.02. The zero-order chi connectivity index (χ0) is 17.8. The minimum absolute atomic E-state index is 0.0324. The molecule has 8 heteroatoms. The molecule has 2 heterocycles. The number of amides is 1. The van der Waals surface area contributed by atoms with E-state index in [0.29, 0.717) is 19.4 Å². The fourth-order valence-electron chi connectivity index (χ4n) is 2.21. The number of anilines is 1. The summed E-state index contributed by atoms with van der Waals surface area (Å²) in [4.78, 5) is 15.9. The van der Waals surface area contributed by atoms with Crippen LogP contribution in [0.1, 0.15) is 38.7 Å². The van der Waals surface area contributed by atoms with Crippen molar-refractivity contribution in [2.45, 2.75) is 51.0 Å². The molecule has 1 amide bonds. The second-order valence-corrected chi connectivity index (χ2v) is 6.19. The monoisotopic (exact) mass is 346 g/mol. The zero-order valence-electron chi connectivity index (χ0n) is 13.7. The molecule has 134 valence electrons. The number of carbonyl (C=O) groups excluding carboxylic acids is 1. The molecule has 0 bridgehead atoms. The van der Waals surface area contributed by atoms with E-state index in [1.54, 1.807) is 13.8 Å². The van der Waals surface area contributed by atoms with Crippen LogP contribution in [0, 0.1) is 0 Å². The van der Waals surface area contributed by atoms with Crippen molar-refractivity contribution in [2.24, 2.45) is 0 Å². The second kappa shape index (κ2) is 7.48. The van der Waals surface area contributed by atoms with Crippen molar-refractivity contribution >= 4 is 11.7 Å². The highest BCUT2D eigenvalue weighted by molar-refractivity contribution is 5.95. The van der Waals surface area contributed by atoms with E-state index in [2.05, 4.69) is 10.3 Å². The van der Waals surface area contributed by atoms with Crippen LogP contribution in [0.3, 0.4) is 0 Å². The van der Waals surface area contributed by atoms with E-state index in [0.717, 1.165) is 31.4 Å². The van der Waals surface area contributed by atoms with Gasteiger partial charge in [0.25, 0.3) is 5.91 Å². The van der Waals surface area contributed by atoms with Gasteiger partial charge >= 0.3 is 6.18 Å². The Balaban J connectivity index is 1.89. The zero-order valence-corrected chi connectivity index (χ0v) is 13.7. The van der Waals surface area contributed by atoms with E-state index in [1.807, 2.05) is 0 Å². The summed E-state index contributed by atoms with van der Waals surface area (Å²) < 4.78 is 48.6. The van der Waals surface area contributed by atoms with E-state index >= 15 is 0 Å². The predicted octanol–water partition coefficient (Wildman–Crippen LogP) is 3.40. The number of alkyl halides is 3. The number of ether oxygens (including phenoxy) is 2. The molecule has 1 aliphatic rings. The van der Waals surface area contributed by atoms with Gasteiger partial charge in [0.1, 0.15) is 11.4 Å². The molecule has 1 unspecified atom stereocenters. The van der Waals surface area contributed by atoms with Gasteiger partial charge in [-0.2, -0.15) is 13.2 Å². The molecule has 1 aromatic rings. The third kappa shape index (κ3) is 5.17. The van der Waals surface area contributed by atoms with Gasteiger partial charge in [-0.15, -0.1) is 0 Å². The van der Waals surface area contributed by atoms with Crippen LogP contribution in [0.25, 0.3) is 0 Å². The molecule has 1 atom stereocenters. The molecule has 0 aliphatic carbocycles. The Hall–Kier alpha value is -1.67. The lowest BCUT2D eigenvalue weighted by molar-refractivity contribution is -0.144. The molecule has 5 nitrogen and oxygen atoms in total. The molecule has 1 aliphatic heterocycles. The lowest BCUT2D eigenvalue weighted by atomic mass is 10.1. The molecule has 1 saturated heterocycles. The van der Waals surface area contributed by atoms with E-state index in [-0.39, 0.29) is 11.9 Å². The molecule has 2 rings (SSSR count). The maximum absolute atomic E-state index is 12.5. The first-order valence-corrected chi connectivity index (χ1v) is 7.79. The maximum atomic E-state index is 12.5. The average Bonchev–Trinajstić information content (AvgIpc) is 2.53. The number of hydrogen-bond acceptors (Lipinski definition) is 4. The Morgan fingerprint density at radius 3 is 2.67 bits per heavy atom. The third-order valence-corrected chi connectivity index (χ3v) is 3.78. The summed E-state index contributed by atoms with van der Waals surface area (Å²) in [6, 6.07) is 1.98. The molecule has 0 aromatic carbocycles. The van der Waals surface area contributed by atoms with Crippen molar-refractivity contribution in [1.29, 1.82) is 0 Å². The Morgan fingerprint density at radius 2 is 2.12 bits per heavy atom. The van der Waals surface area contributed by atoms with Crippen LogP contribution >= 0.6 is 0 Å². The van der Waals surface area contributed by atoms with Gasteiger partial charge in [0.15, 0.2) is 0 Å². The van der Waals surface area contributed by atoms with Crippen molar-refractivity contribution in [3.63, 3.8) is 0 Å². The Kier molecular flexibility index (Phi) is 5.82. The SMILES string of the molecule is CC(C)(OCC1CCCCO1)C(=O)Nc1ccc(C(F)(F)F)cn1. The van der Waals surface area contributed by atoms with Crippen molar-refractivity contribution in [3.05, 3.63) is 23.9 Å². The van der Waals surface area contributed by atoms with Gasteiger partial charge < -0.3 is 14.8 Å². The van der Waals surface area contributed by atoms with Crippen LogP contribution in [0.2, 0.25) is 0 Å². The van der Waals surface area contributed by atoms with E-state index in [9.17, 15) is 18.0 Å². The van der Waals surface area contributed by atoms with Crippen LogP contribution in [0.5, 0.6) is 0 Å². The first kappa shape index (κ1) is 18.7. The van der Waals surface area contributed by atoms with E-state index in [4.69, 9.17) is 9.47 Å². The molecule has 1 fully saturated rings. The van der Waals surface area contributed by atoms with Crippen molar-refractivity contribution < 1.29 is 27.4 Å². The first-order valence-electron chi connectivity index (χ1n) is 7.79. The van der Waals surface area contributed by atoms with Crippen molar-refractivity contribution in [3.8, 4) is 0 Å². The van der Waals surface area contributed by atoms with Crippen LogP contribution in [0.4, 0.5) is 19.0 Å². The molecule has 0 spiro atoms. The number of halogens is 3. The van der Waals surface area contributed by atoms with Crippen LogP contribution in [-0.2, 0) is 20.4 Å². The number of carbonyl (C=O) groups is 1. The number of aromatic nitrogens is 1. The minimum Gasteiger partial charge on any atom is -0.376 e. The highest BCUT2D eigenvalue weighted by atomic mass is 19.4. The predicted molar refractivity (Wildman–Crippen MR) is 81.5 cm³/mol. The highest BCUT2D eigenvalue weighted by Crippen LogP contribution is 2.29. The number of rotatable bonds is 5. The lowest BCUT2D eigenvalue weighted by Crippen LogP contribution is -2.42. The average molecular weight is 346 g/mol. The fraction of sp³-hybridized carbons (Fsp3) is 0.625. The summed E-state index contributed by atoms with van der Waals surface area (Å²) >= 11 is 0. The highest BCUT2D eigenvalue weighted by Gasteiger charge is 2.32. The Morgan fingerprint density at radius 1 is 1.38 bits per heavy atom. The van der Waals surface area contributed by atoms with Gasteiger partial charge in [0, 0.05) is 12.8 Å². The molecule has 1 aromatic heterocycles. The lowest BCUT2D eigenvalue weighted by Gasteiger charge is -2.28. The first-order chi connectivity index (χ1) is 11.2. The van der Waals surface area contributed by atoms with Gasteiger partial charge in [-0.25, -0.2) is 4.98 Å². The van der Waals surface area contributed by atoms with Crippen molar-refractivity contribution in [1.82, 2.24) is 4.98 Å². The molecule has 24 heavy (non-hydrogen) atoms. The van der Waals surface area contributed by atoms with Crippen LogP contribution in [-0.4, -0.2) is 35.8 Å². The Labute approximate surface area is 138 Å². The van der Waals surface area contributed by atoms with Gasteiger partial charge in [0.2, 0.25) is 0 Å². The van der Waals surface area contributed by atoms with Gasteiger partial charge in [0.05, 0.1) is 18.3 Å². The number of nitrogens with zero attached hydrogens (tertiary/aromatic N) is 1. The number of hydrogen-bond donors (Lipinski definition) is 1. The van der Waals surface area contributed by atoms with Crippen molar-refractivity contribution in [2.75, 3.05) is 18.5 Å². The van der Waals surface area contributed by atoms with Gasteiger partial charge in [-0.05, 0) is 45.2 Å². The summed E-state index contributed by atoms with van der Waals surface area (Å²) in [6.45, 7) is 4.17. The summed E-state index contributed by atoms with van der Waals surface area (Å²) in [6.07, 6.45) is -0.832. The smallest absolute Gasteiger partial charge is 0.376 e. The second-order valence-electron chi connectivity index (χ2n) is 6.19. The molecule has 1 N–H and O–H groups in total. The molecular formula is C16H21F3N2O3. The largest absolute Gasteiger partial charge is 0.417 e. The molecular weight excluding hydrogens is 325 g/mol. The molecule has 0 saturated carbocycles. The van der Waals surface area contributed by atoms with Crippen LogP contribution in [0.15, 0.2) is 18.3 Å². The summed E-state index contributed by atoms with van der Waals surface area (Å²) in [5.74, 6) is -0.441. The number of pyridine rings is 1. The minimum atomic E-state index is -4.46. The van der Waals surface area contributed by atoms with E-state index in [1.165, 1.54) is 0 Å². The third-order valence-electron chi connectivity index (χ3n) is 3.78. The van der Waals surface area contributed by atoms with Crippen LogP contribution < -0.4 is 5.32 Å². The van der Waals surface area contributed by atoms with Gasteiger partial charge in [-0.3, -0.25) is 4.79 Å². The van der Waals surface area contributed by atoms with Gasteiger partial charge in [-0.1, -0.05) is 0 Å².